The lowest BCUT2D eigenvalue weighted by atomic mass is 10.1. The Labute approximate surface area is 127 Å². The summed E-state index contributed by atoms with van der Waals surface area (Å²) in [7, 11) is 0. The Balaban J connectivity index is 1.89. The number of halogens is 1. The first-order valence-corrected chi connectivity index (χ1v) is 7.52. The van der Waals surface area contributed by atoms with Gasteiger partial charge in [-0.25, -0.2) is 4.98 Å². The molecule has 0 atom stereocenters. The number of aromatic nitrogens is 1. The van der Waals surface area contributed by atoms with E-state index in [4.69, 9.17) is 4.74 Å². The Hall–Kier alpha value is -1.55. The number of nitrogens with zero attached hydrogens (tertiary/aromatic N) is 2. The van der Waals surface area contributed by atoms with Crippen molar-refractivity contribution in [3.63, 3.8) is 0 Å². The molecule has 104 valence electrons. The van der Waals surface area contributed by atoms with E-state index < -0.39 is 0 Å². The maximum atomic E-state index is 5.69. The first-order chi connectivity index (χ1) is 9.63. The molecule has 0 amide bonds. The number of hydrogen-bond donors (Lipinski definition) is 0. The van der Waals surface area contributed by atoms with Gasteiger partial charge in [-0.15, -0.1) is 0 Å². The fourth-order valence-corrected chi connectivity index (χ4v) is 2.82. The Morgan fingerprint density at radius 1 is 1.30 bits per heavy atom. The lowest BCUT2D eigenvalue weighted by Crippen LogP contribution is -2.33. The van der Waals surface area contributed by atoms with Gasteiger partial charge in [-0.3, -0.25) is 0 Å². The van der Waals surface area contributed by atoms with Crippen molar-refractivity contribution in [3.8, 4) is 5.75 Å². The molecule has 0 bridgehead atoms. The molecule has 3 nitrogen and oxygen atoms in total. The quantitative estimate of drug-likeness (QED) is 0.834. The molecule has 1 aliphatic rings. The Morgan fingerprint density at radius 2 is 2.15 bits per heavy atom. The highest BCUT2D eigenvalue weighted by Gasteiger charge is 2.20. The van der Waals surface area contributed by atoms with E-state index in [9.17, 15) is 0 Å². The van der Waals surface area contributed by atoms with E-state index >= 15 is 0 Å². The molecule has 0 aliphatic carbocycles. The van der Waals surface area contributed by atoms with E-state index in [2.05, 4.69) is 57.9 Å². The molecule has 2 heterocycles. The summed E-state index contributed by atoms with van der Waals surface area (Å²) < 4.78 is 6.64. The standard InChI is InChI=1S/C16H17BrN2O/c1-11-3-4-13(12(2)7-11)10-19-5-6-20-15-8-14(17)9-18-16(15)19/h3-4,7-9H,5-6,10H2,1-2H3. The van der Waals surface area contributed by atoms with Crippen LogP contribution in [0.5, 0.6) is 5.75 Å². The van der Waals surface area contributed by atoms with Gasteiger partial charge in [0, 0.05) is 17.2 Å². The van der Waals surface area contributed by atoms with Gasteiger partial charge in [-0.05, 0) is 47.0 Å². The molecule has 1 aromatic heterocycles. The lowest BCUT2D eigenvalue weighted by molar-refractivity contribution is 0.304. The molecule has 20 heavy (non-hydrogen) atoms. The van der Waals surface area contributed by atoms with Crippen molar-refractivity contribution in [2.45, 2.75) is 20.4 Å². The predicted molar refractivity (Wildman–Crippen MR) is 84.4 cm³/mol. The summed E-state index contributed by atoms with van der Waals surface area (Å²) in [6, 6.07) is 8.58. The molecule has 3 rings (SSSR count). The van der Waals surface area contributed by atoms with E-state index in [0.717, 1.165) is 29.1 Å². The fourth-order valence-electron chi connectivity index (χ4n) is 2.51. The van der Waals surface area contributed by atoms with E-state index in [1.54, 1.807) is 0 Å². The van der Waals surface area contributed by atoms with Crippen LogP contribution in [0.15, 0.2) is 34.9 Å². The van der Waals surface area contributed by atoms with E-state index in [1.807, 2.05) is 12.3 Å². The van der Waals surface area contributed by atoms with Crippen LogP contribution < -0.4 is 9.64 Å². The van der Waals surface area contributed by atoms with Gasteiger partial charge < -0.3 is 9.64 Å². The van der Waals surface area contributed by atoms with E-state index in [0.29, 0.717) is 6.61 Å². The van der Waals surface area contributed by atoms with Crippen LogP contribution in [0.3, 0.4) is 0 Å². The highest BCUT2D eigenvalue weighted by Crippen LogP contribution is 2.32. The summed E-state index contributed by atoms with van der Waals surface area (Å²) in [5.41, 5.74) is 3.97. The highest BCUT2D eigenvalue weighted by atomic mass is 79.9. The molecule has 0 saturated heterocycles. The molecule has 2 aromatic rings. The first kappa shape index (κ1) is 13.4. The smallest absolute Gasteiger partial charge is 0.171 e. The lowest BCUT2D eigenvalue weighted by Gasteiger charge is -2.30. The van der Waals surface area contributed by atoms with Gasteiger partial charge in [0.15, 0.2) is 11.6 Å². The van der Waals surface area contributed by atoms with Crippen molar-refractivity contribution in [3.05, 3.63) is 51.6 Å². The van der Waals surface area contributed by atoms with E-state index in [1.165, 1.54) is 16.7 Å². The van der Waals surface area contributed by atoms with Gasteiger partial charge in [-0.1, -0.05) is 23.8 Å². The minimum Gasteiger partial charge on any atom is -0.488 e. The van der Waals surface area contributed by atoms with Crippen LogP contribution in [0, 0.1) is 13.8 Å². The van der Waals surface area contributed by atoms with Gasteiger partial charge in [0.25, 0.3) is 0 Å². The highest BCUT2D eigenvalue weighted by molar-refractivity contribution is 9.10. The number of benzene rings is 1. The normalized spacial score (nSPS) is 13.8. The van der Waals surface area contributed by atoms with Crippen molar-refractivity contribution in [1.29, 1.82) is 0 Å². The van der Waals surface area contributed by atoms with Gasteiger partial charge >= 0.3 is 0 Å². The Bertz CT molecular complexity index is 642. The summed E-state index contributed by atoms with van der Waals surface area (Å²) in [6.07, 6.45) is 1.82. The molecule has 0 fully saturated rings. The van der Waals surface area contributed by atoms with Crippen molar-refractivity contribution < 1.29 is 4.74 Å². The van der Waals surface area contributed by atoms with Gasteiger partial charge in [0.1, 0.15) is 6.61 Å². The summed E-state index contributed by atoms with van der Waals surface area (Å²) >= 11 is 3.44. The van der Waals surface area contributed by atoms with E-state index in [-0.39, 0.29) is 0 Å². The van der Waals surface area contributed by atoms with Crippen molar-refractivity contribution in [1.82, 2.24) is 4.98 Å². The molecular formula is C16H17BrN2O. The third-order valence-electron chi connectivity index (χ3n) is 3.58. The largest absolute Gasteiger partial charge is 0.488 e. The number of pyridine rings is 1. The number of fused-ring (bicyclic) bond motifs is 1. The zero-order valence-electron chi connectivity index (χ0n) is 11.7. The zero-order chi connectivity index (χ0) is 14.1. The third-order valence-corrected chi connectivity index (χ3v) is 4.01. The minimum atomic E-state index is 0.704. The maximum Gasteiger partial charge on any atom is 0.171 e. The summed E-state index contributed by atoms with van der Waals surface area (Å²) in [5.74, 6) is 1.79. The molecule has 4 heteroatoms. The number of aryl methyl sites for hydroxylation is 2. The zero-order valence-corrected chi connectivity index (χ0v) is 13.3. The summed E-state index contributed by atoms with van der Waals surface area (Å²) in [5, 5.41) is 0. The average molecular weight is 333 g/mol. The number of anilines is 1. The maximum absolute atomic E-state index is 5.69. The van der Waals surface area contributed by atoms with Gasteiger partial charge in [0.05, 0.1) is 6.54 Å². The first-order valence-electron chi connectivity index (χ1n) is 6.73. The van der Waals surface area contributed by atoms with Crippen LogP contribution in [-0.2, 0) is 6.54 Å². The average Bonchev–Trinajstić information content (AvgIpc) is 2.41. The molecule has 1 aromatic carbocycles. The van der Waals surface area contributed by atoms with Gasteiger partial charge in [-0.2, -0.15) is 0 Å². The van der Waals surface area contributed by atoms with Crippen LogP contribution in [0.4, 0.5) is 5.82 Å². The molecule has 1 aliphatic heterocycles. The van der Waals surface area contributed by atoms with Crippen molar-refractivity contribution in [2.75, 3.05) is 18.1 Å². The minimum absolute atomic E-state index is 0.704. The summed E-state index contributed by atoms with van der Waals surface area (Å²) in [6.45, 7) is 6.74. The van der Waals surface area contributed by atoms with Crippen LogP contribution in [0.25, 0.3) is 0 Å². The van der Waals surface area contributed by atoms with Crippen LogP contribution in [0.2, 0.25) is 0 Å². The molecule has 0 unspecified atom stereocenters. The molecule has 0 N–H and O–H groups in total. The predicted octanol–water partition coefficient (Wildman–Crippen LogP) is 3.86. The second-order valence-corrected chi connectivity index (χ2v) is 6.09. The number of hydrogen-bond acceptors (Lipinski definition) is 3. The van der Waals surface area contributed by atoms with Crippen molar-refractivity contribution >= 4 is 21.7 Å². The number of rotatable bonds is 2. The Morgan fingerprint density at radius 3 is 2.95 bits per heavy atom. The SMILES string of the molecule is Cc1ccc(CN2CCOc3cc(Br)cnc32)c(C)c1. The monoisotopic (exact) mass is 332 g/mol. The summed E-state index contributed by atoms with van der Waals surface area (Å²) in [4.78, 5) is 6.78. The fraction of sp³-hybridized carbons (Fsp3) is 0.312. The Kier molecular flexibility index (Phi) is 3.66. The molecular weight excluding hydrogens is 316 g/mol. The number of ether oxygens (including phenoxy) is 1. The molecule has 0 radical (unpaired) electrons. The molecule has 0 spiro atoms. The van der Waals surface area contributed by atoms with Crippen LogP contribution >= 0.6 is 15.9 Å². The molecule has 0 saturated carbocycles. The second kappa shape index (κ2) is 5.44. The van der Waals surface area contributed by atoms with Crippen molar-refractivity contribution in [2.24, 2.45) is 0 Å². The third kappa shape index (κ3) is 2.66. The topological polar surface area (TPSA) is 25.4 Å². The van der Waals surface area contributed by atoms with Crippen LogP contribution in [-0.4, -0.2) is 18.1 Å². The second-order valence-electron chi connectivity index (χ2n) is 5.18. The van der Waals surface area contributed by atoms with Crippen LogP contribution in [0.1, 0.15) is 16.7 Å². The van der Waals surface area contributed by atoms with Gasteiger partial charge in [0.2, 0.25) is 0 Å².